The fourth-order valence-corrected chi connectivity index (χ4v) is 2.78. The van der Waals surface area contributed by atoms with Gasteiger partial charge in [-0.2, -0.15) is 0 Å². The summed E-state index contributed by atoms with van der Waals surface area (Å²) in [7, 11) is 1.68. The van der Waals surface area contributed by atoms with E-state index in [2.05, 4.69) is 29.8 Å². The van der Waals surface area contributed by atoms with E-state index >= 15 is 0 Å². The van der Waals surface area contributed by atoms with Gasteiger partial charge in [0.15, 0.2) is 0 Å². The van der Waals surface area contributed by atoms with Crippen LogP contribution in [0.1, 0.15) is 30.7 Å². The first-order valence-corrected chi connectivity index (χ1v) is 6.31. The van der Waals surface area contributed by atoms with Gasteiger partial charge in [-0.15, -0.1) is 0 Å². The van der Waals surface area contributed by atoms with Crippen molar-refractivity contribution in [1.29, 1.82) is 0 Å². The molecule has 0 aliphatic carbocycles. The summed E-state index contributed by atoms with van der Waals surface area (Å²) in [5.74, 6) is 1.53. The van der Waals surface area contributed by atoms with E-state index < -0.39 is 0 Å². The summed E-state index contributed by atoms with van der Waals surface area (Å²) in [6, 6.07) is 5.72. The molecule has 0 aliphatic rings. The van der Waals surface area contributed by atoms with E-state index in [1.54, 1.807) is 7.11 Å². The van der Waals surface area contributed by atoms with Crippen LogP contribution in [0.3, 0.4) is 0 Å². The minimum Gasteiger partial charge on any atom is -0.496 e. The maximum Gasteiger partial charge on any atom is 0.123 e. The van der Waals surface area contributed by atoms with E-state index in [-0.39, 0.29) is 0 Å². The van der Waals surface area contributed by atoms with Gasteiger partial charge < -0.3 is 4.74 Å². The smallest absolute Gasteiger partial charge is 0.123 e. The van der Waals surface area contributed by atoms with Crippen molar-refractivity contribution in [3.05, 3.63) is 28.8 Å². The Kier molecular flexibility index (Phi) is 4.94. The van der Waals surface area contributed by atoms with Crippen LogP contribution >= 0.6 is 27.5 Å². The number of ether oxygens (including phenoxy) is 1. The lowest BCUT2D eigenvalue weighted by atomic mass is 10.0. The Bertz CT molecular complexity index is 325. The lowest BCUT2D eigenvalue weighted by Crippen LogP contribution is -1.99. The fourth-order valence-electron chi connectivity index (χ4n) is 1.49. The van der Waals surface area contributed by atoms with Crippen LogP contribution in [0.5, 0.6) is 5.75 Å². The molecule has 1 unspecified atom stereocenters. The van der Waals surface area contributed by atoms with Gasteiger partial charge in [-0.1, -0.05) is 41.4 Å². The number of hydrogen-bond donors (Lipinski definition) is 0. The van der Waals surface area contributed by atoms with Crippen LogP contribution in [0.4, 0.5) is 0 Å². The number of hydrogen-bond acceptors (Lipinski definition) is 1. The molecular weight excluding hydrogens is 275 g/mol. The molecule has 3 heteroatoms. The first kappa shape index (κ1) is 12.9. The molecule has 0 saturated carbocycles. The number of benzene rings is 1. The molecule has 1 aromatic rings. The van der Waals surface area contributed by atoms with Crippen molar-refractivity contribution in [1.82, 2.24) is 0 Å². The average Bonchev–Trinajstić information content (AvgIpc) is 2.16. The van der Waals surface area contributed by atoms with Gasteiger partial charge in [-0.05, 0) is 30.5 Å². The summed E-state index contributed by atoms with van der Waals surface area (Å²) in [5, 5.41) is 0.749. The molecule has 0 N–H and O–H groups in total. The molecule has 1 atom stereocenters. The first-order valence-electron chi connectivity index (χ1n) is 5.02. The maximum absolute atomic E-state index is 5.98. The third-order valence-corrected chi connectivity index (χ3v) is 3.31. The summed E-state index contributed by atoms with van der Waals surface area (Å²) < 4.78 is 5.31. The van der Waals surface area contributed by atoms with Gasteiger partial charge in [0.1, 0.15) is 5.75 Å². The van der Waals surface area contributed by atoms with Crippen LogP contribution in [-0.2, 0) is 0 Å². The van der Waals surface area contributed by atoms with Crippen LogP contribution in [0.2, 0.25) is 5.02 Å². The second-order valence-corrected chi connectivity index (χ2v) is 5.53. The summed E-state index contributed by atoms with van der Waals surface area (Å²) in [4.78, 5) is 0.297. The van der Waals surface area contributed by atoms with E-state index in [0.29, 0.717) is 10.7 Å². The highest BCUT2D eigenvalue weighted by Crippen LogP contribution is 2.37. The highest BCUT2D eigenvalue weighted by Gasteiger charge is 2.14. The SMILES string of the molecule is COc1ccc(Cl)cc1C(Br)CC(C)C. The Morgan fingerprint density at radius 2 is 2.07 bits per heavy atom. The van der Waals surface area contributed by atoms with Crippen molar-refractivity contribution < 1.29 is 4.74 Å². The van der Waals surface area contributed by atoms with Crippen LogP contribution in [-0.4, -0.2) is 7.11 Å². The maximum atomic E-state index is 5.98. The predicted octanol–water partition coefficient (Wildman–Crippen LogP) is 4.83. The third-order valence-electron chi connectivity index (χ3n) is 2.21. The van der Waals surface area contributed by atoms with Crippen LogP contribution in [0.25, 0.3) is 0 Å². The molecule has 0 saturated heterocycles. The fraction of sp³-hybridized carbons (Fsp3) is 0.500. The molecular formula is C12H16BrClO. The van der Waals surface area contributed by atoms with Crippen LogP contribution in [0.15, 0.2) is 18.2 Å². The van der Waals surface area contributed by atoms with Crippen molar-refractivity contribution in [3.8, 4) is 5.75 Å². The van der Waals surface area contributed by atoms with Gasteiger partial charge in [-0.3, -0.25) is 0 Å². The Morgan fingerprint density at radius 1 is 1.40 bits per heavy atom. The zero-order valence-corrected chi connectivity index (χ0v) is 11.6. The van der Waals surface area contributed by atoms with Gasteiger partial charge in [0.2, 0.25) is 0 Å². The van der Waals surface area contributed by atoms with Gasteiger partial charge >= 0.3 is 0 Å². The lowest BCUT2D eigenvalue weighted by Gasteiger charge is -2.16. The Balaban J connectivity index is 2.94. The van der Waals surface area contributed by atoms with Crippen molar-refractivity contribution in [2.45, 2.75) is 25.1 Å². The van der Waals surface area contributed by atoms with Crippen molar-refractivity contribution in [3.63, 3.8) is 0 Å². The number of methoxy groups -OCH3 is 1. The highest BCUT2D eigenvalue weighted by atomic mass is 79.9. The number of rotatable bonds is 4. The molecule has 0 radical (unpaired) electrons. The minimum atomic E-state index is 0.297. The van der Waals surface area contributed by atoms with Gasteiger partial charge in [0.25, 0.3) is 0 Å². The topological polar surface area (TPSA) is 9.23 Å². The van der Waals surface area contributed by atoms with E-state index in [0.717, 1.165) is 22.8 Å². The zero-order chi connectivity index (χ0) is 11.4. The molecule has 1 aromatic carbocycles. The molecule has 0 aliphatic heterocycles. The lowest BCUT2D eigenvalue weighted by molar-refractivity contribution is 0.407. The Labute approximate surface area is 105 Å². The standard InChI is InChI=1S/C12H16BrClO/c1-8(2)6-11(13)10-7-9(14)4-5-12(10)15-3/h4-5,7-8,11H,6H2,1-3H3. The third kappa shape index (κ3) is 3.69. The molecule has 0 amide bonds. The van der Waals surface area contributed by atoms with Crippen molar-refractivity contribution in [2.75, 3.05) is 7.11 Å². The second kappa shape index (κ2) is 5.76. The number of halogens is 2. The van der Waals surface area contributed by atoms with Crippen molar-refractivity contribution in [2.24, 2.45) is 5.92 Å². The van der Waals surface area contributed by atoms with Gasteiger partial charge in [-0.25, -0.2) is 0 Å². The minimum absolute atomic E-state index is 0.297. The molecule has 0 fully saturated rings. The summed E-state index contributed by atoms with van der Waals surface area (Å²) in [6.45, 7) is 4.40. The monoisotopic (exact) mass is 290 g/mol. The second-order valence-electron chi connectivity index (χ2n) is 3.98. The molecule has 0 bridgehead atoms. The summed E-state index contributed by atoms with van der Waals surface area (Å²) in [5.41, 5.74) is 1.12. The quantitative estimate of drug-likeness (QED) is 0.722. The molecule has 15 heavy (non-hydrogen) atoms. The number of alkyl halides is 1. The molecule has 0 aromatic heterocycles. The van der Waals surface area contributed by atoms with E-state index in [4.69, 9.17) is 16.3 Å². The Morgan fingerprint density at radius 3 is 2.60 bits per heavy atom. The zero-order valence-electron chi connectivity index (χ0n) is 9.26. The van der Waals surface area contributed by atoms with Gasteiger partial charge in [0, 0.05) is 15.4 Å². The van der Waals surface area contributed by atoms with E-state index in [1.807, 2.05) is 18.2 Å². The van der Waals surface area contributed by atoms with Crippen molar-refractivity contribution >= 4 is 27.5 Å². The molecule has 0 heterocycles. The van der Waals surface area contributed by atoms with E-state index in [9.17, 15) is 0 Å². The first-order chi connectivity index (χ1) is 7.04. The van der Waals surface area contributed by atoms with Crippen LogP contribution in [0, 0.1) is 5.92 Å². The summed E-state index contributed by atoms with van der Waals surface area (Å²) in [6.07, 6.45) is 1.07. The molecule has 0 spiro atoms. The molecule has 84 valence electrons. The Hall–Kier alpha value is -0.210. The predicted molar refractivity (Wildman–Crippen MR) is 69.1 cm³/mol. The largest absolute Gasteiger partial charge is 0.496 e. The van der Waals surface area contributed by atoms with Crippen LogP contribution < -0.4 is 4.74 Å². The molecule has 1 rings (SSSR count). The summed E-state index contributed by atoms with van der Waals surface area (Å²) >= 11 is 9.65. The normalized spacial score (nSPS) is 12.9. The highest BCUT2D eigenvalue weighted by molar-refractivity contribution is 9.09. The average molecular weight is 292 g/mol. The van der Waals surface area contributed by atoms with E-state index in [1.165, 1.54) is 0 Å². The van der Waals surface area contributed by atoms with Gasteiger partial charge in [0.05, 0.1) is 7.11 Å². The molecule has 1 nitrogen and oxygen atoms in total.